The molecule has 6 nitrogen and oxygen atoms in total. The summed E-state index contributed by atoms with van der Waals surface area (Å²) in [5.41, 5.74) is 0.604. The molecule has 0 spiro atoms. The molecule has 1 atom stereocenters. The molecule has 2 heterocycles. The quantitative estimate of drug-likeness (QED) is 0.800. The number of hydrogen-bond donors (Lipinski definition) is 1. The van der Waals surface area contributed by atoms with Gasteiger partial charge in [-0.05, 0) is 12.5 Å². The van der Waals surface area contributed by atoms with Gasteiger partial charge in [-0.25, -0.2) is 0 Å². The lowest BCUT2D eigenvalue weighted by molar-refractivity contribution is -0.136. The Labute approximate surface area is 111 Å². The van der Waals surface area contributed by atoms with Gasteiger partial charge in [0.1, 0.15) is 6.04 Å². The summed E-state index contributed by atoms with van der Waals surface area (Å²) in [6.07, 6.45) is 2.69. The molecule has 0 saturated carbocycles. The fraction of sp³-hybridized carbons (Fsp3) is 0.462. The first-order valence-corrected chi connectivity index (χ1v) is 6.30. The van der Waals surface area contributed by atoms with Crippen LogP contribution in [0.1, 0.15) is 19.8 Å². The minimum absolute atomic E-state index is 0.0710. The SMILES string of the molecule is CCCn1cc(NC2CC(=O)N(C)C2=O)ccc1=O. The van der Waals surface area contributed by atoms with E-state index < -0.39 is 6.04 Å². The van der Waals surface area contributed by atoms with Crippen molar-refractivity contribution in [3.8, 4) is 0 Å². The predicted octanol–water partition coefficient (Wildman–Crippen LogP) is 0.427. The van der Waals surface area contributed by atoms with Crippen molar-refractivity contribution >= 4 is 17.5 Å². The molecule has 0 bridgehead atoms. The number of nitrogens with zero attached hydrogens (tertiary/aromatic N) is 2. The molecule has 1 unspecified atom stereocenters. The van der Waals surface area contributed by atoms with Gasteiger partial charge in [-0.15, -0.1) is 0 Å². The number of aryl methyl sites for hydroxylation is 1. The minimum Gasteiger partial charge on any atom is -0.372 e. The molecule has 0 radical (unpaired) electrons. The van der Waals surface area contributed by atoms with Crippen molar-refractivity contribution in [2.24, 2.45) is 0 Å². The highest BCUT2D eigenvalue weighted by Gasteiger charge is 2.35. The zero-order valence-corrected chi connectivity index (χ0v) is 11.0. The Balaban J connectivity index is 2.16. The normalized spacial score (nSPS) is 19.1. The van der Waals surface area contributed by atoms with Crippen LogP contribution >= 0.6 is 0 Å². The third-order valence-corrected chi connectivity index (χ3v) is 3.17. The number of carbonyl (C=O) groups excluding carboxylic acids is 2. The molecule has 1 saturated heterocycles. The molecule has 2 amide bonds. The molecule has 2 rings (SSSR count). The van der Waals surface area contributed by atoms with Gasteiger partial charge >= 0.3 is 0 Å². The second kappa shape index (κ2) is 5.26. The number of hydrogen-bond acceptors (Lipinski definition) is 4. The van der Waals surface area contributed by atoms with E-state index in [1.165, 1.54) is 13.1 Å². The van der Waals surface area contributed by atoms with E-state index in [2.05, 4.69) is 5.32 Å². The minimum atomic E-state index is -0.537. The van der Waals surface area contributed by atoms with E-state index in [0.717, 1.165) is 11.3 Å². The Morgan fingerprint density at radius 1 is 1.32 bits per heavy atom. The third kappa shape index (κ3) is 2.67. The van der Waals surface area contributed by atoms with Gasteiger partial charge in [-0.2, -0.15) is 0 Å². The van der Waals surface area contributed by atoms with Crippen LogP contribution < -0.4 is 10.9 Å². The van der Waals surface area contributed by atoms with Crippen molar-refractivity contribution in [3.05, 3.63) is 28.7 Å². The average Bonchev–Trinajstić information content (AvgIpc) is 2.62. The van der Waals surface area contributed by atoms with E-state index in [4.69, 9.17) is 0 Å². The monoisotopic (exact) mass is 263 g/mol. The molecule has 1 aromatic heterocycles. The molecule has 1 fully saturated rings. The highest BCUT2D eigenvalue weighted by molar-refractivity contribution is 6.06. The molecule has 1 aromatic rings. The van der Waals surface area contributed by atoms with E-state index in [-0.39, 0.29) is 23.8 Å². The van der Waals surface area contributed by atoms with E-state index in [0.29, 0.717) is 12.2 Å². The number of carbonyl (C=O) groups is 2. The lowest BCUT2D eigenvalue weighted by atomic mass is 10.2. The molecule has 0 aromatic carbocycles. The number of aromatic nitrogens is 1. The van der Waals surface area contributed by atoms with Crippen LogP contribution in [0.25, 0.3) is 0 Å². The lowest BCUT2D eigenvalue weighted by Crippen LogP contribution is -2.32. The van der Waals surface area contributed by atoms with E-state index in [1.807, 2.05) is 6.92 Å². The zero-order valence-electron chi connectivity index (χ0n) is 11.0. The summed E-state index contributed by atoms with van der Waals surface area (Å²) in [5.74, 6) is -0.428. The Morgan fingerprint density at radius 3 is 2.63 bits per heavy atom. The van der Waals surface area contributed by atoms with E-state index in [1.54, 1.807) is 16.8 Å². The number of imide groups is 1. The Bertz CT molecular complexity index is 564. The van der Waals surface area contributed by atoms with Crippen LogP contribution in [0.15, 0.2) is 23.1 Å². The van der Waals surface area contributed by atoms with Crippen LogP contribution in [-0.2, 0) is 16.1 Å². The Kier molecular flexibility index (Phi) is 3.69. The highest BCUT2D eigenvalue weighted by atomic mass is 16.2. The molecular formula is C13H17N3O3. The topological polar surface area (TPSA) is 71.4 Å². The third-order valence-electron chi connectivity index (χ3n) is 3.17. The van der Waals surface area contributed by atoms with Crippen molar-refractivity contribution in [3.63, 3.8) is 0 Å². The number of pyridine rings is 1. The summed E-state index contributed by atoms with van der Waals surface area (Å²) < 4.78 is 1.59. The van der Waals surface area contributed by atoms with Gasteiger partial charge in [0.15, 0.2) is 0 Å². The highest BCUT2D eigenvalue weighted by Crippen LogP contribution is 2.16. The van der Waals surface area contributed by atoms with Gasteiger partial charge in [0.2, 0.25) is 5.91 Å². The lowest BCUT2D eigenvalue weighted by Gasteiger charge is -2.13. The van der Waals surface area contributed by atoms with Gasteiger partial charge in [0.25, 0.3) is 11.5 Å². The van der Waals surface area contributed by atoms with Crippen LogP contribution in [-0.4, -0.2) is 34.4 Å². The molecule has 0 aliphatic carbocycles. The summed E-state index contributed by atoms with van der Waals surface area (Å²) in [5, 5.41) is 3.01. The number of rotatable bonds is 4. The number of likely N-dealkylation sites (N-methyl/N-ethyl adjacent to an activating group) is 1. The van der Waals surface area contributed by atoms with Gasteiger partial charge in [0.05, 0.1) is 12.1 Å². The number of likely N-dealkylation sites (tertiary alicyclic amines) is 1. The predicted molar refractivity (Wildman–Crippen MR) is 70.8 cm³/mol. The van der Waals surface area contributed by atoms with Crippen molar-refractivity contribution in [2.45, 2.75) is 32.4 Å². The van der Waals surface area contributed by atoms with Gasteiger partial charge in [0, 0.05) is 25.9 Å². The maximum Gasteiger partial charge on any atom is 0.251 e. The zero-order chi connectivity index (χ0) is 14.0. The van der Waals surface area contributed by atoms with Crippen molar-refractivity contribution in [1.29, 1.82) is 0 Å². The molecule has 6 heteroatoms. The van der Waals surface area contributed by atoms with Crippen molar-refractivity contribution in [1.82, 2.24) is 9.47 Å². The average molecular weight is 263 g/mol. The molecule has 1 N–H and O–H groups in total. The Hall–Kier alpha value is -2.11. The van der Waals surface area contributed by atoms with Crippen LogP contribution in [0.4, 0.5) is 5.69 Å². The Morgan fingerprint density at radius 2 is 2.05 bits per heavy atom. The number of amides is 2. The van der Waals surface area contributed by atoms with Crippen LogP contribution in [0.3, 0.4) is 0 Å². The van der Waals surface area contributed by atoms with Gasteiger partial charge in [-0.1, -0.05) is 6.92 Å². The van der Waals surface area contributed by atoms with Gasteiger partial charge < -0.3 is 9.88 Å². The molecule has 1 aliphatic rings. The second-order valence-corrected chi connectivity index (χ2v) is 4.64. The summed E-state index contributed by atoms with van der Waals surface area (Å²) in [7, 11) is 1.48. The first kappa shape index (κ1) is 13.3. The van der Waals surface area contributed by atoms with Crippen LogP contribution in [0.5, 0.6) is 0 Å². The smallest absolute Gasteiger partial charge is 0.251 e. The van der Waals surface area contributed by atoms with Gasteiger partial charge in [-0.3, -0.25) is 19.3 Å². The fourth-order valence-electron chi connectivity index (χ4n) is 2.10. The molecule has 19 heavy (non-hydrogen) atoms. The molecule has 1 aliphatic heterocycles. The molecular weight excluding hydrogens is 246 g/mol. The fourth-order valence-corrected chi connectivity index (χ4v) is 2.10. The van der Waals surface area contributed by atoms with Crippen LogP contribution in [0, 0.1) is 0 Å². The second-order valence-electron chi connectivity index (χ2n) is 4.64. The van der Waals surface area contributed by atoms with E-state index in [9.17, 15) is 14.4 Å². The first-order valence-electron chi connectivity index (χ1n) is 6.30. The standard InChI is InChI=1S/C13H17N3O3/c1-3-6-16-8-9(4-5-11(16)17)14-10-7-12(18)15(2)13(10)19/h4-5,8,10,14H,3,6-7H2,1-2H3. The van der Waals surface area contributed by atoms with E-state index >= 15 is 0 Å². The maximum atomic E-state index is 11.8. The van der Waals surface area contributed by atoms with Crippen molar-refractivity contribution < 1.29 is 9.59 Å². The van der Waals surface area contributed by atoms with Crippen molar-refractivity contribution in [2.75, 3.05) is 12.4 Å². The summed E-state index contributed by atoms with van der Waals surface area (Å²) in [6.45, 7) is 2.62. The summed E-state index contributed by atoms with van der Waals surface area (Å²) in [6, 6.07) is 2.55. The number of nitrogens with one attached hydrogen (secondary N) is 1. The largest absolute Gasteiger partial charge is 0.372 e. The summed E-state index contributed by atoms with van der Waals surface area (Å²) >= 11 is 0. The number of anilines is 1. The maximum absolute atomic E-state index is 11.8. The summed E-state index contributed by atoms with van der Waals surface area (Å²) in [4.78, 5) is 35.9. The molecule has 102 valence electrons. The first-order chi connectivity index (χ1) is 9.02. The van der Waals surface area contributed by atoms with Crippen LogP contribution in [0.2, 0.25) is 0 Å².